The van der Waals surface area contributed by atoms with Crippen molar-refractivity contribution in [2.24, 2.45) is 16.5 Å². The molecule has 3 rings (SSSR count). The maximum Gasteiger partial charge on any atom is 0.192 e. The fraction of sp³-hybridized carbons (Fsp3) is 0.739. The van der Waals surface area contributed by atoms with Crippen molar-refractivity contribution in [3.05, 3.63) is 12.7 Å². The Balaban J connectivity index is 1.91. The van der Waals surface area contributed by atoms with Gasteiger partial charge in [0.25, 0.3) is 0 Å². The minimum absolute atomic E-state index is 0.0812. The highest BCUT2D eigenvalue weighted by Crippen LogP contribution is 2.43. The van der Waals surface area contributed by atoms with Crippen LogP contribution in [-0.2, 0) is 13.6 Å². The second-order valence-electron chi connectivity index (χ2n) is 12.4. The molecule has 0 radical (unpaired) electrons. The SMILES string of the molecule is CC(C)(C)[Si](C)(C)OC[C@H]1O[C@@H](n2cnc3c(N=C(N)N)ncnc32)C[C@@H]1O[Si](C)(C)C(C)(C)C. The number of hydrogen-bond donors (Lipinski definition) is 2. The number of guanidine groups is 1. The van der Waals surface area contributed by atoms with Crippen molar-refractivity contribution in [3.8, 4) is 0 Å². The van der Waals surface area contributed by atoms with Crippen LogP contribution in [0.25, 0.3) is 11.2 Å². The van der Waals surface area contributed by atoms with Crippen molar-refractivity contribution < 1.29 is 13.6 Å². The van der Waals surface area contributed by atoms with Gasteiger partial charge in [-0.2, -0.15) is 4.99 Å². The molecule has 0 aliphatic carbocycles. The lowest BCUT2D eigenvalue weighted by atomic mass is 10.2. The van der Waals surface area contributed by atoms with Crippen molar-refractivity contribution >= 4 is 39.6 Å². The van der Waals surface area contributed by atoms with E-state index in [2.05, 4.69) is 87.7 Å². The first-order valence-corrected chi connectivity index (χ1v) is 18.0. The zero-order chi connectivity index (χ0) is 26.4. The summed E-state index contributed by atoms with van der Waals surface area (Å²) in [5.74, 6) is 0.251. The van der Waals surface area contributed by atoms with Crippen LogP contribution in [0.4, 0.5) is 5.82 Å². The third-order valence-electron chi connectivity index (χ3n) is 7.73. The zero-order valence-corrected chi connectivity index (χ0v) is 24.9. The first-order valence-electron chi connectivity index (χ1n) is 12.2. The highest BCUT2D eigenvalue weighted by atomic mass is 28.4. The van der Waals surface area contributed by atoms with Crippen LogP contribution in [0.3, 0.4) is 0 Å². The molecule has 2 aromatic heterocycles. The van der Waals surface area contributed by atoms with Gasteiger partial charge in [0.1, 0.15) is 18.7 Å². The molecule has 0 aromatic carbocycles. The van der Waals surface area contributed by atoms with Gasteiger partial charge in [-0.1, -0.05) is 41.5 Å². The average Bonchev–Trinajstić information content (AvgIpc) is 3.28. The monoisotopic (exact) mass is 521 g/mol. The Morgan fingerprint density at radius 3 is 2.26 bits per heavy atom. The van der Waals surface area contributed by atoms with Crippen molar-refractivity contribution in [1.82, 2.24) is 19.5 Å². The molecular formula is C23H43N7O3Si2. The maximum atomic E-state index is 6.87. The van der Waals surface area contributed by atoms with Crippen molar-refractivity contribution in [1.29, 1.82) is 0 Å². The molecule has 196 valence electrons. The molecule has 1 fully saturated rings. The lowest BCUT2D eigenvalue weighted by Gasteiger charge is -2.40. The predicted molar refractivity (Wildman–Crippen MR) is 145 cm³/mol. The third-order valence-corrected chi connectivity index (χ3v) is 16.7. The van der Waals surface area contributed by atoms with E-state index in [9.17, 15) is 0 Å². The van der Waals surface area contributed by atoms with Crippen LogP contribution in [-0.4, -0.2) is 60.9 Å². The van der Waals surface area contributed by atoms with E-state index in [0.29, 0.717) is 30.0 Å². The van der Waals surface area contributed by atoms with Crippen LogP contribution in [0.5, 0.6) is 0 Å². The van der Waals surface area contributed by atoms with E-state index >= 15 is 0 Å². The first-order chi connectivity index (χ1) is 15.9. The molecule has 0 spiro atoms. The molecule has 1 saturated heterocycles. The van der Waals surface area contributed by atoms with Gasteiger partial charge in [-0.05, 0) is 36.3 Å². The van der Waals surface area contributed by atoms with E-state index in [-0.39, 0.29) is 34.5 Å². The van der Waals surface area contributed by atoms with Gasteiger partial charge in [0.2, 0.25) is 0 Å². The second-order valence-corrected chi connectivity index (χ2v) is 22.0. The van der Waals surface area contributed by atoms with Crippen LogP contribution in [0, 0.1) is 0 Å². The lowest BCUT2D eigenvalue weighted by Crippen LogP contribution is -2.48. The topological polar surface area (TPSA) is 136 Å². The van der Waals surface area contributed by atoms with E-state index in [1.54, 1.807) is 6.33 Å². The van der Waals surface area contributed by atoms with E-state index < -0.39 is 16.6 Å². The summed E-state index contributed by atoms with van der Waals surface area (Å²) in [7, 11) is -3.99. The summed E-state index contributed by atoms with van der Waals surface area (Å²) in [6.07, 6.45) is 3.21. The van der Waals surface area contributed by atoms with Crippen molar-refractivity contribution in [2.75, 3.05) is 6.61 Å². The lowest BCUT2D eigenvalue weighted by molar-refractivity contribution is -0.0383. The maximum absolute atomic E-state index is 6.87. The molecule has 0 saturated carbocycles. The molecule has 0 unspecified atom stereocenters. The molecule has 12 heteroatoms. The highest BCUT2D eigenvalue weighted by molar-refractivity contribution is 6.74. The molecular weight excluding hydrogens is 478 g/mol. The Kier molecular flexibility index (Phi) is 7.56. The van der Waals surface area contributed by atoms with Crippen molar-refractivity contribution in [2.45, 2.75) is 103 Å². The molecule has 35 heavy (non-hydrogen) atoms. The van der Waals surface area contributed by atoms with E-state index in [4.69, 9.17) is 25.1 Å². The molecule has 2 aromatic rings. The van der Waals surface area contributed by atoms with Gasteiger partial charge in [-0.3, -0.25) is 4.57 Å². The Bertz CT molecular complexity index is 1070. The smallest absolute Gasteiger partial charge is 0.192 e. The van der Waals surface area contributed by atoms with Gasteiger partial charge in [-0.15, -0.1) is 0 Å². The second kappa shape index (κ2) is 9.54. The molecule has 1 aliphatic rings. The van der Waals surface area contributed by atoms with E-state index in [1.165, 1.54) is 6.33 Å². The Morgan fingerprint density at radius 2 is 1.69 bits per heavy atom. The Labute approximate surface area is 211 Å². The van der Waals surface area contributed by atoms with Gasteiger partial charge < -0.3 is 25.1 Å². The van der Waals surface area contributed by atoms with Crippen LogP contribution in [0.15, 0.2) is 17.6 Å². The van der Waals surface area contributed by atoms with E-state index in [0.717, 1.165) is 0 Å². The van der Waals surface area contributed by atoms with Gasteiger partial charge in [0.15, 0.2) is 39.6 Å². The summed E-state index contributed by atoms with van der Waals surface area (Å²) in [5.41, 5.74) is 12.3. The number of rotatable bonds is 7. The zero-order valence-electron chi connectivity index (χ0n) is 22.9. The van der Waals surface area contributed by atoms with Crippen molar-refractivity contribution in [3.63, 3.8) is 0 Å². The molecule has 4 N–H and O–H groups in total. The van der Waals surface area contributed by atoms with E-state index in [1.807, 2.05) is 4.57 Å². The summed E-state index contributed by atoms with van der Waals surface area (Å²) < 4.78 is 21.9. The van der Waals surface area contributed by atoms with Gasteiger partial charge in [-0.25, -0.2) is 15.0 Å². The molecule has 0 bridgehead atoms. The number of nitrogens with two attached hydrogens (primary N) is 2. The first kappa shape index (κ1) is 27.7. The summed E-state index contributed by atoms with van der Waals surface area (Å²) in [5, 5.41) is 0.194. The third kappa shape index (κ3) is 5.93. The van der Waals surface area contributed by atoms with Gasteiger partial charge in [0.05, 0.1) is 19.0 Å². The minimum Gasteiger partial charge on any atom is -0.414 e. The Morgan fingerprint density at radius 1 is 1.06 bits per heavy atom. The molecule has 10 nitrogen and oxygen atoms in total. The Hall–Kier alpha value is -1.87. The minimum atomic E-state index is -2.04. The number of hydrogen-bond acceptors (Lipinski definition) is 7. The normalized spacial score (nSPS) is 22.1. The fourth-order valence-corrected chi connectivity index (χ4v) is 5.83. The number of imidazole rings is 1. The van der Waals surface area contributed by atoms with Gasteiger partial charge >= 0.3 is 0 Å². The standard InChI is InChI=1S/C23H43N7O3Si2/c1-22(2,3)34(7,8)31-12-16-15(33-35(9,10)23(4,5)6)11-17(32-16)30-14-28-18-19(29-21(24)25)26-13-27-20(18)30/h13-17H,11-12H2,1-10H3,(H4,24,25,26,27,29)/t15-,16+,17+/m0/s1. The van der Waals surface area contributed by atoms with Crippen LogP contribution in [0.1, 0.15) is 54.2 Å². The largest absolute Gasteiger partial charge is 0.414 e. The molecule has 3 heterocycles. The van der Waals surface area contributed by atoms with Crippen LogP contribution in [0.2, 0.25) is 36.3 Å². The number of fused-ring (bicyclic) bond motifs is 1. The summed E-state index contributed by atoms with van der Waals surface area (Å²) >= 11 is 0. The number of ether oxygens (including phenoxy) is 1. The fourth-order valence-electron chi connectivity index (χ4n) is 3.46. The molecule has 3 atom stereocenters. The van der Waals surface area contributed by atoms with Gasteiger partial charge in [0, 0.05) is 6.42 Å². The number of aromatic nitrogens is 4. The summed E-state index contributed by atoms with van der Waals surface area (Å²) in [4.78, 5) is 17.2. The number of nitrogens with zero attached hydrogens (tertiary/aromatic N) is 5. The molecule has 1 aliphatic heterocycles. The predicted octanol–water partition coefficient (Wildman–Crippen LogP) is 4.43. The number of aliphatic imine (C=N–C) groups is 1. The van der Waals surface area contributed by atoms with Crippen LogP contribution >= 0.6 is 0 Å². The average molecular weight is 522 g/mol. The quantitative estimate of drug-likeness (QED) is 0.310. The highest BCUT2D eigenvalue weighted by Gasteiger charge is 2.46. The summed E-state index contributed by atoms with van der Waals surface area (Å²) in [6.45, 7) is 23.0. The van der Waals surface area contributed by atoms with Crippen LogP contribution < -0.4 is 11.5 Å². The molecule has 0 amide bonds. The summed E-state index contributed by atoms with van der Waals surface area (Å²) in [6, 6.07) is 0.